The van der Waals surface area contributed by atoms with Crippen LogP contribution in [0.1, 0.15) is 25.3 Å². The van der Waals surface area contributed by atoms with Gasteiger partial charge >= 0.3 is 0 Å². The number of rotatable bonds is 4. The number of likely N-dealkylation sites (tertiary alicyclic amines) is 1. The lowest BCUT2D eigenvalue weighted by Gasteiger charge is -2.36. The summed E-state index contributed by atoms with van der Waals surface area (Å²) in [4.78, 5) is 16.2. The first-order chi connectivity index (χ1) is 9.87. The van der Waals surface area contributed by atoms with Crippen LogP contribution < -0.4 is 0 Å². The summed E-state index contributed by atoms with van der Waals surface area (Å²) in [6, 6.07) is 7.95. The van der Waals surface area contributed by atoms with Gasteiger partial charge in [-0.1, -0.05) is 34.1 Å². The number of nitrogens with zero attached hydrogens (tertiary/aromatic N) is 2. The van der Waals surface area contributed by atoms with E-state index in [9.17, 15) is 9.90 Å². The molecule has 1 saturated heterocycles. The van der Waals surface area contributed by atoms with Gasteiger partial charge in [-0.25, -0.2) is 0 Å². The minimum absolute atomic E-state index is 0.118. The highest BCUT2D eigenvalue weighted by molar-refractivity contribution is 9.10. The zero-order chi connectivity index (χ0) is 15.5. The fourth-order valence-corrected chi connectivity index (χ4v) is 2.89. The lowest BCUT2D eigenvalue weighted by molar-refractivity contribution is -0.132. The van der Waals surface area contributed by atoms with Crippen LogP contribution in [0, 0.1) is 0 Å². The molecular formula is C16H23BrN2O2. The van der Waals surface area contributed by atoms with E-state index in [4.69, 9.17) is 0 Å². The van der Waals surface area contributed by atoms with Crippen LogP contribution in [-0.2, 0) is 11.3 Å². The molecule has 1 aromatic carbocycles. The molecule has 0 saturated carbocycles. The third-order valence-corrected chi connectivity index (χ3v) is 4.86. The van der Waals surface area contributed by atoms with Gasteiger partial charge in [-0.15, -0.1) is 0 Å². The molecule has 21 heavy (non-hydrogen) atoms. The number of piperidine rings is 1. The third kappa shape index (κ3) is 4.80. The molecular weight excluding hydrogens is 332 g/mol. The van der Waals surface area contributed by atoms with E-state index in [0.717, 1.165) is 36.0 Å². The minimum atomic E-state index is -0.569. The number of halogens is 1. The zero-order valence-corrected chi connectivity index (χ0v) is 14.3. The molecule has 0 unspecified atom stereocenters. The van der Waals surface area contributed by atoms with E-state index in [0.29, 0.717) is 13.1 Å². The van der Waals surface area contributed by atoms with Crippen molar-refractivity contribution in [3.05, 3.63) is 34.3 Å². The van der Waals surface area contributed by atoms with Crippen LogP contribution in [0.4, 0.5) is 0 Å². The van der Waals surface area contributed by atoms with Crippen molar-refractivity contribution in [2.24, 2.45) is 0 Å². The number of benzene rings is 1. The molecule has 0 spiro atoms. The lowest BCUT2D eigenvalue weighted by atomic mass is 9.94. The van der Waals surface area contributed by atoms with E-state index < -0.39 is 5.60 Å². The van der Waals surface area contributed by atoms with E-state index in [1.807, 2.05) is 38.2 Å². The molecule has 1 aliphatic rings. The Bertz CT molecular complexity index is 495. The normalized spacial score (nSPS) is 18.5. The van der Waals surface area contributed by atoms with Gasteiger partial charge < -0.3 is 10.0 Å². The van der Waals surface area contributed by atoms with Crippen LogP contribution in [0.5, 0.6) is 0 Å². The fraction of sp³-hybridized carbons (Fsp3) is 0.562. The van der Waals surface area contributed by atoms with E-state index >= 15 is 0 Å². The average Bonchev–Trinajstić information content (AvgIpc) is 2.43. The largest absolute Gasteiger partial charge is 0.390 e. The van der Waals surface area contributed by atoms with Gasteiger partial charge in [-0.3, -0.25) is 9.69 Å². The third-order valence-electron chi connectivity index (χ3n) is 4.08. The van der Waals surface area contributed by atoms with Gasteiger partial charge in [0, 0.05) is 31.2 Å². The quantitative estimate of drug-likeness (QED) is 0.901. The van der Waals surface area contributed by atoms with E-state index in [2.05, 4.69) is 20.8 Å². The molecule has 1 amide bonds. The maximum atomic E-state index is 12.3. The predicted molar refractivity (Wildman–Crippen MR) is 86.9 cm³/mol. The number of hydrogen-bond acceptors (Lipinski definition) is 3. The molecule has 0 aromatic heterocycles. The van der Waals surface area contributed by atoms with Crippen LogP contribution in [0.25, 0.3) is 0 Å². The minimum Gasteiger partial charge on any atom is -0.390 e. The Labute approximate surface area is 134 Å². The summed E-state index contributed by atoms with van der Waals surface area (Å²) in [6.07, 6.45) is 1.46. The second-order valence-electron chi connectivity index (χ2n) is 6.11. The second kappa shape index (κ2) is 6.90. The predicted octanol–water partition coefficient (Wildman–Crippen LogP) is 2.25. The van der Waals surface area contributed by atoms with Crippen LogP contribution in [0.3, 0.4) is 0 Å². The number of carbonyl (C=O) groups excluding carboxylic acids is 1. The Morgan fingerprint density at radius 3 is 2.62 bits per heavy atom. The Hall–Kier alpha value is -0.910. The molecule has 0 aliphatic carbocycles. The van der Waals surface area contributed by atoms with Gasteiger partial charge in [0.05, 0.1) is 12.1 Å². The van der Waals surface area contributed by atoms with Gasteiger partial charge in [-0.05, 0) is 31.4 Å². The van der Waals surface area contributed by atoms with Crippen molar-refractivity contribution >= 4 is 21.8 Å². The highest BCUT2D eigenvalue weighted by atomic mass is 79.9. The molecule has 1 N–H and O–H groups in total. The summed E-state index contributed by atoms with van der Waals surface area (Å²) in [5, 5.41) is 9.93. The summed E-state index contributed by atoms with van der Waals surface area (Å²) in [5.41, 5.74) is 0.537. The summed E-state index contributed by atoms with van der Waals surface area (Å²) in [5.74, 6) is 0.118. The van der Waals surface area contributed by atoms with Crippen LogP contribution in [-0.4, -0.2) is 53.1 Å². The molecule has 116 valence electrons. The molecule has 0 radical (unpaired) electrons. The standard InChI is InChI=1S/C16H23BrN2O2/c1-16(21)7-9-19(10-8-16)12-15(20)18(2)11-13-5-3-4-6-14(13)17/h3-6,21H,7-12H2,1-2H3. The van der Waals surface area contributed by atoms with Gasteiger partial charge in [0.2, 0.25) is 5.91 Å². The SMILES string of the molecule is CN(Cc1ccccc1Br)C(=O)CN1CCC(C)(O)CC1. The number of carbonyl (C=O) groups is 1. The Morgan fingerprint density at radius 2 is 2.00 bits per heavy atom. The van der Waals surface area contributed by atoms with Crippen molar-refractivity contribution in [3.63, 3.8) is 0 Å². The van der Waals surface area contributed by atoms with Crippen LogP contribution >= 0.6 is 15.9 Å². The molecule has 0 bridgehead atoms. The van der Waals surface area contributed by atoms with Crippen LogP contribution in [0.2, 0.25) is 0 Å². The highest BCUT2D eigenvalue weighted by Crippen LogP contribution is 2.21. The van der Waals surface area contributed by atoms with Gasteiger partial charge in [-0.2, -0.15) is 0 Å². The molecule has 1 aromatic rings. The number of hydrogen-bond donors (Lipinski definition) is 1. The van der Waals surface area contributed by atoms with Crippen molar-refractivity contribution in [2.75, 3.05) is 26.7 Å². The first-order valence-corrected chi connectivity index (χ1v) is 8.09. The first kappa shape index (κ1) is 16.5. The Kier molecular flexibility index (Phi) is 5.41. The number of likely N-dealkylation sites (N-methyl/N-ethyl adjacent to an activating group) is 1. The van der Waals surface area contributed by atoms with Crippen molar-refractivity contribution < 1.29 is 9.90 Å². The van der Waals surface area contributed by atoms with Crippen molar-refractivity contribution in [2.45, 2.75) is 31.9 Å². The van der Waals surface area contributed by atoms with Crippen molar-refractivity contribution in [1.29, 1.82) is 0 Å². The summed E-state index contributed by atoms with van der Waals surface area (Å²) >= 11 is 3.51. The second-order valence-corrected chi connectivity index (χ2v) is 6.97. The van der Waals surface area contributed by atoms with Crippen LogP contribution in [0.15, 0.2) is 28.7 Å². The molecule has 2 rings (SSSR count). The van der Waals surface area contributed by atoms with Crippen molar-refractivity contribution in [3.8, 4) is 0 Å². The molecule has 5 heteroatoms. The molecule has 1 aliphatic heterocycles. The Balaban J connectivity index is 1.85. The summed E-state index contributed by atoms with van der Waals surface area (Å²) in [6.45, 7) is 4.46. The fourth-order valence-electron chi connectivity index (χ4n) is 2.48. The highest BCUT2D eigenvalue weighted by Gasteiger charge is 2.28. The number of aliphatic hydroxyl groups is 1. The smallest absolute Gasteiger partial charge is 0.236 e. The Morgan fingerprint density at radius 1 is 1.38 bits per heavy atom. The molecule has 1 heterocycles. The number of amides is 1. The van der Waals surface area contributed by atoms with E-state index in [1.165, 1.54) is 0 Å². The topological polar surface area (TPSA) is 43.8 Å². The van der Waals surface area contributed by atoms with Gasteiger partial charge in [0.1, 0.15) is 0 Å². The van der Waals surface area contributed by atoms with E-state index in [-0.39, 0.29) is 5.91 Å². The summed E-state index contributed by atoms with van der Waals surface area (Å²) < 4.78 is 1.03. The molecule has 0 atom stereocenters. The lowest BCUT2D eigenvalue weighted by Crippen LogP contribution is -2.46. The summed E-state index contributed by atoms with van der Waals surface area (Å²) in [7, 11) is 1.84. The van der Waals surface area contributed by atoms with Crippen molar-refractivity contribution in [1.82, 2.24) is 9.80 Å². The van der Waals surface area contributed by atoms with Gasteiger partial charge in [0.25, 0.3) is 0 Å². The monoisotopic (exact) mass is 354 g/mol. The maximum absolute atomic E-state index is 12.3. The average molecular weight is 355 g/mol. The van der Waals surface area contributed by atoms with Gasteiger partial charge in [0.15, 0.2) is 0 Å². The maximum Gasteiger partial charge on any atom is 0.236 e. The molecule has 4 nitrogen and oxygen atoms in total. The molecule has 1 fully saturated rings. The zero-order valence-electron chi connectivity index (χ0n) is 12.7. The van der Waals surface area contributed by atoms with E-state index in [1.54, 1.807) is 4.90 Å². The first-order valence-electron chi connectivity index (χ1n) is 7.29.